The fraction of sp³-hybridized carbons (Fsp3) is 0. The Morgan fingerprint density at radius 1 is 0.733 bits per heavy atom. The molecular weight excluding hydrogens is 245 g/mol. The van der Waals surface area contributed by atoms with E-state index in [1.807, 2.05) is 12.1 Å². The number of rotatable bonds is 0. The zero-order valence-corrected chi connectivity index (χ0v) is 10.6. The summed E-state index contributed by atoms with van der Waals surface area (Å²) in [7, 11) is 0. The SMILES string of the molecule is [AsH2]c1c2ccccc2nc2ccccc12. The summed E-state index contributed by atoms with van der Waals surface area (Å²) in [5, 5.41) is 2.55. The van der Waals surface area contributed by atoms with Crippen LogP contribution in [0, 0.1) is 0 Å². The molecule has 0 spiro atoms. The molecule has 1 unspecified atom stereocenters. The molecule has 1 heterocycles. The molecule has 0 fully saturated rings. The van der Waals surface area contributed by atoms with Gasteiger partial charge in [-0.2, -0.15) is 0 Å². The topological polar surface area (TPSA) is 12.9 Å². The van der Waals surface area contributed by atoms with E-state index in [1.54, 1.807) is 16.9 Å². The molecule has 1 nitrogen and oxygen atoms in total. The fourth-order valence-corrected chi connectivity index (χ4v) is 2.90. The van der Waals surface area contributed by atoms with Gasteiger partial charge in [-0.05, 0) is 0 Å². The van der Waals surface area contributed by atoms with Gasteiger partial charge in [-0.15, -0.1) is 0 Å². The Bertz CT molecular complexity index is 592. The van der Waals surface area contributed by atoms with E-state index in [0.717, 1.165) is 11.0 Å². The van der Waals surface area contributed by atoms with Gasteiger partial charge in [-0.1, -0.05) is 0 Å². The number of para-hydroxylation sites is 2. The minimum atomic E-state index is 1.09. The van der Waals surface area contributed by atoms with Gasteiger partial charge in [0, 0.05) is 0 Å². The van der Waals surface area contributed by atoms with Gasteiger partial charge in [0.15, 0.2) is 0 Å². The average molecular weight is 255 g/mol. The zero-order chi connectivity index (χ0) is 10.3. The second-order valence-electron chi connectivity index (χ2n) is 3.56. The molecule has 0 aliphatic carbocycles. The van der Waals surface area contributed by atoms with E-state index >= 15 is 0 Å². The van der Waals surface area contributed by atoms with Crippen molar-refractivity contribution in [1.29, 1.82) is 0 Å². The Morgan fingerprint density at radius 2 is 1.20 bits per heavy atom. The molecule has 0 saturated heterocycles. The van der Waals surface area contributed by atoms with Crippen molar-refractivity contribution in [3.05, 3.63) is 48.5 Å². The first-order valence-corrected chi connectivity index (χ1v) is 6.10. The van der Waals surface area contributed by atoms with Crippen LogP contribution in [0.3, 0.4) is 0 Å². The summed E-state index contributed by atoms with van der Waals surface area (Å²) in [5.74, 6) is 0. The summed E-state index contributed by atoms with van der Waals surface area (Å²) in [6.45, 7) is 0. The first-order valence-electron chi connectivity index (χ1n) is 4.89. The second kappa shape index (κ2) is 3.36. The van der Waals surface area contributed by atoms with Crippen LogP contribution in [-0.4, -0.2) is 21.8 Å². The summed E-state index contributed by atoms with van der Waals surface area (Å²) in [6.07, 6.45) is 0. The number of hydrogen-bond acceptors (Lipinski definition) is 1. The van der Waals surface area contributed by atoms with Crippen molar-refractivity contribution in [3.8, 4) is 0 Å². The third kappa shape index (κ3) is 1.35. The maximum atomic E-state index is 4.65. The van der Waals surface area contributed by atoms with Crippen LogP contribution in [0.25, 0.3) is 21.8 Å². The Morgan fingerprint density at radius 3 is 1.73 bits per heavy atom. The summed E-state index contributed by atoms with van der Waals surface area (Å²) in [6, 6.07) is 16.7. The maximum absolute atomic E-state index is 4.65. The molecule has 0 aliphatic rings. The van der Waals surface area contributed by atoms with Gasteiger partial charge in [0.25, 0.3) is 0 Å². The summed E-state index contributed by atoms with van der Waals surface area (Å²) >= 11 is 1.66. The Labute approximate surface area is 96.6 Å². The van der Waals surface area contributed by atoms with Crippen LogP contribution in [0.2, 0.25) is 0 Å². The van der Waals surface area contributed by atoms with Crippen LogP contribution < -0.4 is 4.35 Å². The normalized spacial score (nSPS) is 11.0. The molecule has 3 rings (SSSR count). The van der Waals surface area contributed by atoms with Gasteiger partial charge in [0.2, 0.25) is 0 Å². The third-order valence-corrected chi connectivity index (χ3v) is 3.93. The van der Waals surface area contributed by atoms with E-state index in [4.69, 9.17) is 0 Å². The van der Waals surface area contributed by atoms with Gasteiger partial charge in [0.1, 0.15) is 0 Å². The Hall–Kier alpha value is -1.33. The molecular formula is C13H10AsN. The van der Waals surface area contributed by atoms with Gasteiger partial charge >= 0.3 is 96.5 Å². The molecule has 0 radical (unpaired) electrons. The van der Waals surface area contributed by atoms with E-state index in [-0.39, 0.29) is 0 Å². The van der Waals surface area contributed by atoms with Crippen LogP contribution in [0.15, 0.2) is 48.5 Å². The predicted octanol–water partition coefficient (Wildman–Crippen LogP) is 1.65. The van der Waals surface area contributed by atoms with Crippen molar-refractivity contribution in [2.75, 3.05) is 0 Å². The third-order valence-electron chi connectivity index (χ3n) is 2.63. The van der Waals surface area contributed by atoms with Gasteiger partial charge in [-0.3, -0.25) is 0 Å². The second-order valence-corrected chi connectivity index (χ2v) is 4.77. The molecule has 72 valence electrons. The molecule has 3 aromatic rings. The quantitative estimate of drug-likeness (QED) is 0.439. The fourth-order valence-electron chi connectivity index (χ4n) is 1.87. The van der Waals surface area contributed by atoms with Gasteiger partial charge < -0.3 is 0 Å². The summed E-state index contributed by atoms with van der Waals surface area (Å²) < 4.78 is 1.38. The zero-order valence-electron chi connectivity index (χ0n) is 8.14. The van der Waals surface area contributed by atoms with Crippen molar-refractivity contribution in [2.45, 2.75) is 0 Å². The van der Waals surface area contributed by atoms with Crippen molar-refractivity contribution in [1.82, 2.24) is 4.98 Å². The van der Waals surface area contributed by atoms with Crippen LogP contribution in [0.5, 0.6) is 0 Å². The monoisotopic (exact) mass is 255 g/mol. The molecule has 0 aliphatic heterocycles. The van der Waals surface area contributed by atoms with Gasteiger partial charge in [0.05, 0.1) is 0 Å². The number of fused-ring (bicyclic) bond motifs is 2. The molecule has 0 bridgehead atoms. The molecule has 1 atom stereocenters. The first kappa shape index (κ1) is 8.94. The van der Waals surface area contributed by atoms with Crippen LogP contribution in [0.4, 0.5) is 0 Å². The molecule has 2 heteroatoms. The Balaban J connectivity index is 2.60. The van der Waals surface area contributed by atoms with E-state index in [9.17, 15) is 0 Å². The number of aromatic nitrogens is 1. The van der Waals surface area contributed by atoms with Crippen molar-refractivity contribution >= 4 is 43.0 Å². The predicted molar refractivity (Wildman–Crippen MR) is 67.4 cm³/mol. The molecule has 0 saturated carbocycles. The van der Waals surface area contributed by atoms with E-state index in [0.29, 0.717) is 0 Å². The summed E-state index contributed by atoms with van der Waals surface area (Å²) in [5.41, 5.74) is 2.19. The molecule has 2 aromatic carbocycles. The van der Waals surface area contributed by atoms with Crippen molar-refractivity contribution in [2.24, 2.45) is 0 Å². The number of hydrogen-bond donors (Lipinski definition) is 0. The van der Waals surface area contributed by atoms with Crippen LogP contribution in [-0.2, 0) is 0 Å². The van der Waals surface area contributed by atoms with Crippen LogP contribution in [0.1, 0.15) is 0 Å². The number of benzene rings is 2. The van der Waals surface area contributed by atoms with E-state index in [2.05, 4.69) is 41.4 Å². The standard InChI is InChI=1S/C13H10AsN/c14-13-9-5-1-3-7-11(9)15-12-8-4-2-6-10(12)13/h1-8H,14H2. The Kier molecular flexibility index (Phi) is 2.00. The first-order chi connectivity index (χ1) is 7.36. The van der Waals surface area contributed by atoms with Gasteiger partial charge in [-0.25, -0.2) is 0 Å². The number of nitrogens with zero attached hydrogens (tertiary/aromatic N) is 1. The van der Waals surface area contributed by atoms with E-state index in [1.165, 1.54) is 15.1 Å². The number of pyridine rings is 1. The summed E-state index contributed by atoms with van der Waals surface area (Å²) in [4.78, 5) is 4.65. The van der Waals surface area contributed by atoms with Crippen LogP contribution >= 0.6 is 0 Å². The molecule has 15 heavy (non-hydrogen) atoms. The molecule has 0 N–H and O–H groups in total. The molecule has 0 amide bonds. The van der Waals surface area contributed by atoms with E-state index < -0.39 is 0 Å². The van der Waals surface area contributed by atoms with Crippen molar-refractivity contribution < 1.29 is 0 Å². The minimum absolute atomic E-state index is 1.09. The van der Waals surface area contributed by atoms with Crippen molar-refractivity contribution in [3.63, 3.8) is 0 Å². The average Bonchev–Trinajstić information content (AvgIpc) is 2.30. The molecule has 1 aromatic heterocycles.